The lowest BCUT2D eigenvalue weighted by molar-refractivity contribution is -0.366. The van der Waals surface area contributed by atoms with Gasteiger partial charge in [-0.05, 0) is 38.6 Å². The van der Waals surface area contributed by atoms with Gasteiger partial charge in [0, 0.05) is 24.2 Å². The molecule has 0 aromatic heterocycles. The monoisotopic (exact) mass is 476 g/mol. The highest BCUT2D eigenvalue weighted by molar-refractivity contribution is 6.02. The molecule has 0 aliphatic carbocycles. The van der Waals surface area contributed by atoms with Crippen LogP contribution < -0.4 is 4.90 Å². The number of carbonyl (C=O) groups is 1. The molecule has 1 aromatic carbocycles. The van der Waals surface area contributed by atoms with Gasteiger partial charge in [-0.15, -0.1) is 0 Å². The summed E-state index contributed by atoms with van der Waals surface area (Å²) in [6.07, 6.45) is -6.20. The first-order valence-corrected chi connectivity index (χ1v) is 9.52. The molecule has 2 fully saturated rings. The van der Waals surface area contributed by atoms with Crippen LogP contribution in [0, 0.1) is 6.92 Å². The molecule has 3 aliphatic rings. The van der Waals surface area contributed by atoms with Crippen LogP contribution in [0.15, 0.2) is 18.2 Å². The summed E-state index contributed by atoms with van der Waals surface area (Å²) < 4.78 is 129. The molecule has 1 aromatic rings. The lowest BCUT2D eigenvalue weighted by Gasteiger charge is -2.39. The number of aryl methyl sites for hydroxylation is 1. The van der Waals surface area contributed by atoms with Crippen LogP contribution in [0.3, 0.4) is 0 Å². The van der Waals surface area contributed by atoms with Gasteiger partial charge >= 0.3 is 35.6 Å². The van der Waals surface area contributed by atoms with Gasteiger partial charge in [0.15, 0.2) is 0 Å². The molecule has 4 rings (SSSR count). The van der Waals surface area contributed by atoms with Crippen LogP contribution in [0.2, 0.25) is 0 Å². The number of fused-ring (bicyclic) bond motifs is 3. The van der Waals surface area contributed by atoms with E-state index in [1.54, 1.807) is 20.0 Å². The van der Waals surface area contributed by atoms with Gasteiger partial charge in [0.1, 0.15) is 0 Å². The molecule has 13 heteroatoms. The van der Waals surface area contributed by atoms with Crippen molar-refractivity contribution in [3.8, 4) is 0 Å². The molecule has 3 atom stereocenters. The maximum Gasteiger partial charge on any atom is 0.428 e. The van der Waals surface area contributed by atoms with Crippen LogP contribution in [-0.4, -0.2) is 66.7 Å². The van der Waals surface area contributed by atoms with E-state index in [0.717, 1.165) is 0 Å². The van der Waals surface area contributed by atoms with Crippen LogP contribution in [0.5, 0.6) is 0 Å². The molecule has 0 radical (unpaired) electrons. The first-order chi connectivity index (χ1) is 14.5. The van der Waals surface area contributed by atoms with E-state index in [2.05, 4.69) is 4.74 Å². The van der Waals surface area contributed by atoms with E-state index >= 15 is 0 Å². The molecule has 0 saturated carbocycles. The van der Waals surface area contributed by atoms with E-state index < -0.39 is 47.6 Å². The third kappa shape index (κ3) is 2.63. The summed E-state index contributed by atoms with van der Waals surface area (Å²) in [5.41, 5.74) is 0.922. The van der Waals surface area contributed by atoms with Gasteiger partial charge in [-0.25, -0.2) is 0 Å². The highest BCUT2D eigenvalue weighted by Crippen LogP contribution is 2.65. The molecule has 1 amide bonds. The zero-order valence-corrected chi connectivity index (χ0v) is 16.6. The molecule has 32 heavy (non-hydrogen) atoms. The van der Waals surface area contributed by atoms with Crippen molar-refractivity contribution in [2.45, 2.75) is 55.0 Å². The van der Waals surface area contributed by atoms with Crippen molar-refractivity contribution >= 4 is 11.6 Å². The lowest BCUT2D eigenvalue weighted by Crippen LogP contribution is -2.66. The first kappa shape index (κ1) is 23.1. The van der Waals surface area contributed by atoms with Gasteiger partial charge in [-0.2, -0.15) is 39.5 Å². The number of carbonyl (C=O) groups excluding carboxylic acids is 1. The fourth-order valence-corrected chi connectivity index (χ4v) is 4.59. The van der Waals surface area contributed by atoms with Gasteiger partial charge in [-0.3, -0.25) is 9.53 Å². The van der Waals surface area contributed by atoms with Crippen molar-refractivity contribution in [3.05, 3.63) is 29.3 Å². The Morgan fingerprint density at radius 2 is 1.72 bits per heavy atom. The number of alkyl halides is 9. The van der Waals surface area contributed by atoms with Crippen molar-refractivity contribution in [1.29, 1.82) is 0 Å². The fourth-order valence-electron chi connectivity index (χ4n) is 4.59. The summed E-state index contributed by atoms with van der Waals surface area (Å²) in [7, 11) is 1.72. The maximum absolute atomic E-state index is 14.9. The summed E-state index contributed by atoms with van der Waals surface area (Å²) in [5.74, 6) is -28.9. The van der Waals surface area contributed by atoms with E-state index in [0.29, 0.717) is 22.6 Å². The number of benzene rings is 1. The van der Waals surface area contributed by atoms with Gasteiger partial charge in [0.25, 0.3) is 0 Å². The summed E-state index contributed by atoms with van der Waals surface area (Å²) in [4.78, 5) is 14.9. The molecule has 2 saturated heterocycles. The van der Waals surface area contributed by atoms with Crippen LogP contribution >= 0.6 is 0 Å². The zero-order valence-electron chi connectivity index (χ0n) is 16.6. The predicted molar refractivity (Wildman–Crippen MR) is 92.0 cm³/mol. The number of amides is 1. The van der Waals surface area contributed by atoms with Crippen molar-refractivity contribution in [2.24, 2.45) is 0 Å². The molecule has 4 nitrogen and oxygen atoms in total. The van der Waals surface area contributed by atoms with Crippen molar-refractivity contribution in [1.82, 2.24) is 4.90 Å². The van der Waals surface area contributed by atoms with Crippen LogP contribution in [-0.2, 0) is 9.53 Å². The molecule has 3 aliphatic heterocycles. The van der Waals surface area contributed by atoms with Gasteiger partial charge in [0.05, 0.1) is 0 Å². The van der Waals surface area contributed by atoms with Gasteiger partial charge in [0.2, 0.25) is 0 Å². The maximum atomic E-state index is 14.9. The van der Waals surface area contributed by atoms with Crippen molar-refractivity contribution in [2.75, 3.05) is 25.0 Å². The van der Waals surface area contributed by atoms with E-state index in [1.165, 1.54) is 12.1 Å². The Hall–Kier alpha value is -2.02. The minimum Gasteiger partial charge on any atom is -0.306 e. The second kappa shape index (κ2) is 6.52. The van der Waals surface area contributed by atoms with E-state index in [-0.39, 0.29) is 18.7 Å². The summed E-state index contributed by atoms with van der Waals surface area (Å²) in [6.45, 7) is 2.25. The highest BCUT2D eigenvalue weighted by Gasteiger charge is 2.96. The molecule has 3 unspecified atom stereocenters. The molecule has 0 bridgehead atoms. The summed E-state index contributed by atoms with van der Waals surface area (Å²) in [6, 6.07) is 3.19. The number of hydrogen-bond donors (Lipinski definition) is 0. The number of likely N-dealkylation sites (tertiary alicyclic amines) is 1. The third-order valence-corrected chi connectivity index (χ3v) is 6.28. The highest BCUT2D eigenvalue weighted by atomic mass is 19.4. The normalized spacial score (nSPS) is 33.2. The first-order valence-electron chi connectivity index (χ1n) is 9.52. The minimum atomic E-state index is -6.70. The zero-order chi connectivity index (χ0) is 24.1. The average Bonchev–Trinajstić information content (AvgIpc) is 3.03. The molecular formula is C19H17F9N2O2. The number of halogens is 9. The second-order valence-electron chi connectivity index (χ2n) is 8.40. The molecule has 0 spiro atoms. The van der Waals surface area contributed by atoms with Crippen LogP contribution in [0.1, 0.15) is 23.5 Å². The van der Waals surface area contributed by atoms with E-state index in [9.17, 15) is 44.3 Å². The molecule has 178 valence electrons. The number of hydrogen-bond acceptors (Lipinski definition) is 3. The Kier molecular flexibility index (Phi) is 4.72. The summed E-state index contributed by atoms with van der Waals surface area (Å²) >= 11 is 0. The van der Waals surface area contributed by atoms with E-state index in [1.807, 2.05) is 4.90 Å². The van der Waals surface area contributed by atoms with Crippen LogP contribution in [0.4, 0.5) is 45.2 Å². The predicted octanol–water partition coefficient (Wildman–Crippen LogP) is 4.32. The Labute approximate surface area is 175 Å². The Balaban J connectivity index is 1.80. The Morgan fingerprint density at radius 3 is 2.28 bits per heavy atom. The third-order valence-electron chi connectivity index (χ3n) is 6.28. The standard InChI is InChI=1S/C19H17F9N2O2/c1-9-3-4-12-10(7-9)11-8-29(2)6-5-13(11)30(12)14(31)15(20,21)18(26)16(22,23)17(24,25)19(27,28)32-18/h3-4,7,11,13H,5-6,8H2,1-2H3. The number of likely N-dealkylation sites (N-methyl/N-ethyl adjacent to an activating group) is 1. The SMILES string of the molecule is Cc1ccc2c(c1)C1CN(C)CCC1N2C(=O)C(F)(F)C1(F)OC(F)(F)C(F)(F)C1(F)F. The fraction of sp³-hybridized carbons (Fsp3) is 0.632. The summed E-state index contributed by atoms with van der Waals surface area (Å²) in [5, 5.41) is 0. The van der Waals surface area contributed by atoms with Gasteiger partial charge in [-0.1, -0.05) is 17.7 Å². The number of nitrogens with zero attached hydrogens (tertiary/aromatic N) is 2. The average molecular weight is 476 g/mol. The Bertz CT molecular complexity index is 970. The number of anilines is 1. The minimum absolute atomic E-state index is 0.0690. The number of piperidine rings is 1. The van der Waals surface area contributed by atoms with Gasteiger partial charge < -0.3 is 9.80 Å². The smallest absolute Gasteiger partial charge is 0.306 e. The number of ether oxygens (including phenoxy) is 1. The van der Waals surface area contributed by atoms with E-state index in [4.69, 9.17) is 0 Å². The molecular weight excluding hydrogens is 459 g/mol. The quantitative estimate of drug-likeness (QED) is 0.597. The number of rotatable bonds is 2. The Morgan fingerprint density at radius 1 is 1.09 bits per heavy atom. The second-order valence-corrected chi connectivity index (χ2v) is 8.40. The topological polar surface area (TPSA) is 32.8 Å². The largest absolute Gasteiger partial charge is 0.428 e. The lowest BCUT2D eigenvalue weighted by atomic mass is 9.88. The molecule has 3 heterocycles. The van der Waals surface area contributed by atoms with Crippen molar-refractivity contribution < 1.29 is 49.0 Å². The van der Waals surface area contributed by atoms with Crippen molar-refractivity contribution in [3.63, 3.8) is 0 Å². The molecule has 0 N–H and O–H groups in total. The van der Waals surface area contributed by atoms with Crippen LogP contribution in [0.25, 0.3) is 0 Å².